The number of aromatic nitrogens is 2. The number of carbonyl (C=O) groups is 1. The molecule has 2 aromatic rings. The van der Waals surface area contributed by atoms with E-state index in [0.29, 0.717) is 34.9 Å². The number of aryl methyl sites for hydroxylation is 1. The average Bonchev–Trinajstić information content (AvgIpc) is 2.91. The SMILES string of the molecule is Cc1nn(C(F)F)c(C)c1C(=O)N1CCC(Cc2ccccc2)CC1. The van der Waals surface area contributed by atoms with Gasteiger partial charge in [0, 0.05) is 13.1 Å². The smallest absolute Gasteiger partial charge is 0.333 e. The number of nitrogens with zero attached hydrogens (tertiary/aromatic N) is 3. The molecule has 1 aliphatic rings. The summed E-state index contributed by atoms with van der Waals surface area (Å²) in [4.78, 5) is 14.5. The first kappa shape index (κ1) is 17.6. The van der Waals surface area contributed by atoms with E-state index in [1.807, 2.05) is 18.2 Å². The molecule has 6 heteroatoms. The standard InChI is InChI=1S/C19H23F2N3O/c1-13-17(14(2)24(22-13)19(20)21)18(25)23-10-8-16(9-11-23)12-15-6-4-3-5-7-15/h3-7,16,19H,8-12H2,1-2H3. The second kappa shape index (κ2) is 7.33. The van der Waals surface area contributed by atoms with E-state index in [1.165, 1.54) is 12.5 Å². The molecule has 2 heterocycles. The third-order valence-electron chi connectivity index (χ3n) is 4.99. The Labute approximate surface area is 146 Å². The van der Waals surface area contributed by atoms with Gasteiger partial charge in [-0.25, -0.2) is 4.68 Å². The van der Waals surface area contributed by atoms with Crippen molar-refractivity contribution in [1.29, 1.82) is 0 Å². The highest BCUT2D eigenvalue weighted by molar-refractivity contribution is 5.96. The van der Waals surface area contributed by atoms with Gasteiger partial charge in [0.25, 0.3) is 5.91 Å². The fourth-order valence-corrected chi connectivity index (χ4v) is 3.61. The van der Waals surface area contributed by atoms with Crippen molar-refractivity contribution < 1.29 is 13.6 Å². The number of rotatable bonds is 4. The monoisotopic (exact) mass is 347 g/mol. The number of piperidine rings is 1. The van der Waals surface area contributed by atoms with Crippen LogP contribution in [0.3, 0.4) is 0 Å². The zero-order valence-corrected chi connectivity index (χ0v) is 14.6. The zero-order valence-electron chi connectivity index (χ0n) is 14.6. The van der Waals surface area contributed by atoms with Crippen LogP contribution in [-0.2, 0) is 6.42 Å². The number of carbonyl (C=O) groups excluding carboxylic acids is 1. The van der Waals surface area contributed by atoms with Gasteiger partial charge in [-0.1, -0.05) is 30.3 Å². The highest BCUT2D eigenvalue weighted by Gasteiger charge is 2.29. The molecule has 1 saturated heterocycles. The molecule has 1 aliphatic heterocycles. The first-order chi connectivity index (χ1) is 12.0. The van der Waals surface area contributed by atoms with E-state index in [0.717, 1.165) is 19.3 Å². The Morgan fingerprint density at radius 2 is 1.84 bits per heavy atom. The molecule has 1 fully saturated rings. The maximum absolute atomic E-state index is 13.0. The van der Waals surface area contributed by atoms with Crippen LogP contribution < -0.4 is 0 Å². The first-order valence-electron chi connectivity index (χ1n) is 8.64. The molecule has 0 aliphatic carbocycles. The Hall–Kier alpha value is -2.24. The van der Waals surface area contributed by atoms with E-state index in [2.05, 4.69) is 17.2 Å². The average molecular weight is 347 g/mol. The molecular formula is C19H23F2N3O. The highest BCUT2D eigenvalue weighted by Crippen LogP contribution is 2.25. The number of likely N-dealkylation sites (tertiary alicyclic amines) is 1. The van der Waals surface area contributed by atoms with E-state index in [4.69, 9.17) is 0 Å². The molecule has 0 saturated carbocycles. The van der Waals surface area contributed by atoms with Gasteiger partial charge < -0.3 is 4.90 Å². The van der Waals surface area contributed by atoms with Crippen LogP contribution in [0.1, 0.15) is 46.7 Å². The summed E-state index contributed by atoms with van der Waals surface area (Å²) in [5.74, 6) is 0.373. The number of benzene rings is 1. The minimum atomic E-state index is -2.73. The Balaban J connectivity index is 1.64. The normalized spacial score (nSPS) is 15.8. The minimum absolute atomic E-state index is 0.180. The van der Waals surface area contributed by atoms with Gasteiger partial charge in [0.1, 0.15) is 0 Å². The van der Waals surface area contributed by atoms with E-state index in [-0.39, 0.29) is 11.6 Å². The maximum Gasteiger partial charge on any atom is 0.333 e. The van der Waals surface area contributed by atoms with Gasteiger partial charge in [-0.05, 0) is 44.6 Å². The van der Waals surface area contributed by atoms with Crippen molar-refractivity contribution in [2.45, 2.75) is 39.7 Å². The van der Waals surface area contributed by atoms with E-state index >= 15 is 0 Å². The molecule has 1 aromatic heterocycles. The molecule has 3 rings (SSSR count). The lowest BCUT2D eigenvalue weighted by Crippen LogP contribution is -2.39. The fraction of sp³-hybridized carbons (Fsp3) is 0.474. The quantitative estimate of drug-likeness (QED) is 0.839. The van der Waals surface area contributed by atoms with Crippen LogP contribution in [0.15, 0.2) is 30.3 Å². The van der Waals surface area contributed by atoms with E-state index in [9.17, 15) is 13.6 Å². The van der Waals surface area contributed by atoms with Crippen LogP contribution in [-0.4, -0.2) is 33.7 Å². The predicted molar refractivity (Wildman–Crippen MR) is 91.7 cm³/mol. The molecule has 4 nitrogen and oxygen atoms in total. The summed E-state index contributed by atoms with van der Waals surface area (Å²) in [6.07, 6.45) is 2.88. The van der Waals surface area contributed by atoms with Gasteiger partial charge in [0.05, 0.1) is 17.0 Å². The van der Waals surface area contributed by atoms with Crippen LogP contribution >= 0.6 is 0 Å². The molecule has 134 valence electrons. The molecule has 1 aromatic carbocycles. The van der Waals surface area contributed by atoms with Crippen LogP contribution in [0.4, 0.5) is 8.78 Å². The molecular weight excluding hydrogens is 324 g/mol. The Kier molecular flexibility index (Phi) is 5.16. The molecule has 1 amide bonds. The van der Waals surface area contributed by atoms with Crippen molar-refractivity contribution in [2.24, 2.45) is 5.92 Å². The summed E-state index contributed by atoms with van der Waals surface area (Å²) in [6.45, 7) is 1.74. The summed E-state index contributed by atoms with van der Waals surface area (Å²) < 4.78 is 26.6. The van der Waals surface area contributed by atoms with E-state index in [1.54, 1.807) is 11.8 Å². The predicted octanol–water partition coefficient (Wildman–Crippen LogP) is 3.99. The van der Waals surface area contributed by atoms with Gasteiger partial charge >= 0.3 is 6.55 Å². The topological polar surface area (TPSA) is 38.1 Å². The van der Waals surface area contributed by atoms with Gasteiger partial charge in [-0.3, -0.25) is 4.79 Å². The number of hydrogen-bond donors (Lipinski definition) is 0. The second-order valence-corrected chi connectivity index (χ2v) is 6.69. The van der Waals surface area contributed by atoms with E-state index < -0.39 is 6.55 Å². The summed E-state index contributed by atoms with van der Waals surface area (Å²) in [7, 11) is 0. The maximum atomic E-state index is 13.0. The Morgan fingerprint density at radius 1 is 1.20 bits per heavy atom. The van der Waals surface area contributed by atoms with Crippen molar-refractivity contribution >= 4 is 5.91 Å². The highest BCUT2D eigenvalue weighted by atomic mass is 19.3. The van der Waals surface area contributed by atoms with Crippen LogP contribution in [0, 0.1) is 19.8 Å². The third-order valence-corrected chi connectivity index (χ3v) is 4.99. The Bertz CT molecular complexity index is 735. The van der Waals surface area contributed by atoms with Gasteiger partial charge in [-0.2, -0.15) is 13.9 Å². The second-order valence-electron chi connectivity index (χ2n) is 6.69. The number of alkyl halides is 2. The summed E-state index contributed by atoms with van der Waals surface area (Å²) in [5.41, 5.74) is 2.25. The van der Waals surface area contributed by atoms with Crippen molar-refractivity contribution in [3.05, 3.63) is 52.8 Å². The van der Waals surface area contributed by atoms with Crippen molar-refractivity contribution in [1.82, 2.24) is 14.7 Å². The van der Waals surface area contributed by atoms with Crippen molar-refractivity contribution in [2.75, 3.05) is 13.1 Å². The summed E-state index contributed by atoms with van der Waals surface area (Å²) >= 11 is 0. The largest absolute Gasteiger partial charge is 0.339 e. The van der Waals surface area contributed by atoms with Gasteiger partial charge in [-0.15, -0.1) is 0 Å². The number of hydrogen-bond acceptors (Lipinski definition) is 2. The lowest BCUT2D eigenvalue weighted by Gasteiger charge is -2.32. The summed E-state index contributed by atoms with van der Waals surface area (Å²) in [6, 6.07) is 10.3. The first-order valence-corrected chi connectivity index (χ1v) is 8.64. The fourth-order valence-electron chi connectivity index (χ4n) is 3.61. The molecule has 0 bridgehead atoms. The minimum Gasteiger partial charge on any atom is -0.339 e. The van der Waals surface area contributed by atoms with Crippen molar-refractivity contribution in [3.63, 3.8) is 0 Å². The zero-order chi connectivity index (χ0) is 18.0. The van der Waals surface area contributed by atoms with Crippen LogP contribution in [0.2, 0.25) is 0 Å². The lowest BCUT2D eigenvalue weighted by atomic mass is 9.90. The molecule has 0 atom stereocenters. The lowest BCUT2D eigenvalue weighted by molar-refractivity contribution is 0.0538. The third kappa shape index (κ3) is 3.72. The molecule has 0 spiro atoms. The number of halogens is 2. The molecule has 0 radical (unpaired) electrons. The van der Waals surface area contributed by atoms with Crippen LogP contribution in [0.5, 0.6) is 0 Å². The van der Waals surface area contributed by atoms with Gasteiger partial charge in [0.2, 0.25) is 0 Å². The summed E-state index contributed by atoms with van der Waals surface area (Å²) in [5, 5.41) is 3.82. The number of amides is 1. The van der Waals surface area contributed by atoms with Crippen molar-refractivity contribution in [3.8, 4) is 0 Å². The van der Waals surface area contributed by atoms with Crippen LogP contribution in [0.25, 0.3) is 0 Å². The van der Waals surface area contributed by atoms with Gasteiger partial charge in [0.15, 0.2) is 0 Å². The molecule has 0 N–H and O–H groups in total. The molecule has 0 unspecified atom stereocenters. The molecule has 25 heavy (non-hydrogen) atoms. The Morgan fingerprint density at radius 3 is 2.40 bits per heavy atom.